The van der Waals surface area contributed by atoms with E-state index in [9.17, 15) is 9.18 Å². The summed E-state index contributed by atoms with van der Waals surface area (Å²) in [5.74, 6) is -0.623. The smallest absolute Gasteiger partial charge is 0.231 e. The van der Waals surface area contributed by atoms with E-state index in [1.165, 1.54) is 12.1 Å². The fourth-order valence-electron chi connectivity index (χ4n) is 1.91. The molecule has 0 bridgehead atoms. The Labute approximate surface area is 118 Å². The van der Waals surface area contributed by atoms with E-state index in [2.05, 4.69) is 10.6 Å². The minimum absolute atomic E-state index is 0.0307. The number of halogens is 2. The highest BCUT2D eigenvalue weighted by Crippen LogP contribution is 2.21. The molecule has 4 nitrogen and oxygen atoms in total. The van der Waals surface area contributed by atoms with Gasteiger partial charge in [-0.2, -0.15) is 0 Å². The summed E-state index contributed by atoms with van der Waals surface area (Å²) in [6, 6.07) is 4.32. The van der Waals surface area contributed by atoms with Gasteiger partial charge in [-0.15, -0.1) is 0 Å². The van der Waals surface area contributed by atoms with Crippen LogP contribution >= 0.6 is 22.6 Å². The van der Waals surface area contributed by atoms with Crippen molar-refractivity contribution in [3.05, 3.63) is 27.6 Å². The monoisotopic (exact) mass is 364 g/mol. The van der Waals surface area contributed by atoms with Crippen LogP contribution in [0.4, 0.5) is 10.1 Å². The Morgan fingerprint density at radius 3 is 2.94 bits per heavy atom. The summed E-state index contributed by atoms with van der Waals surface area (Å²) >= 11 is 2.00. The van der Waals surface area contributed by atoms with Crippen LogP contribution in [0.5, 0.6) is 0 Å². The normalized spacial score (nSPS) is 23.1. The number of anilines is 1. The second kappa shape index (κ2) is 5.94. The Kier molecular flexibility index (Phi) is 4.52. The molecular formula is C12H14FIN2O2. The molecule has 2 rings (SSSR count). The van der Waals surface area contributed by atoms with Gasteiger partial charge in [0.2, 0.25) is 5.91 Å². The summed E-state index contributed by atoms with van der Waals surface area (Å²) in [7, 11) is 1.81. The predicted molar refractivity (Wildman–Crippen MR) is 74.9 cm³/mol. The fourth-order valence-corrected chi connectivity index (χ4v) is 2.53. The van der Waals surface area contributed by atoms with Crippen molar-refractivity contribution in [3.8, 4) is 0 Å². The minimum atomic E-state index is -0.310. The molecule has 1 aromatic carbocycles. The number of amides is 1. The number of nitrogens with one attached hydrogen (secondary N) is 2. The van der Waals surface area contributed by atoms with E-state index in [0.717, 1.165) is 0 Å². The lowest BCUT2D eigenvalue weighted by molar-refractivity contribution is -0.120. The highest BCUT2D eigenvalue weighted by molar-refractivity contribution is 14.1. The molecule has 2 unspecified atom stereocenters. The minimum Gasteiger partial charge on any atom is -0.379 e. The van der Waals surface area contributed by atoms with Gasteiger partial charge in [0.25, 0.3) is 0 Å². The Morgan fingerprint density at radius 1 is 1.50 bits per heavy atom. The van der Waals surface area contributed by atoms with Crippen LogP contribution in [0, 0.1) is 15.3 Å². The molecule has 18 heavy (non-hydrogen) atoms. The van der Waals surface area contributed by atoms with Gasteiger partial charge in [-0.05, 0) is 47.8 Å². The van der Waals surface area contributed by atoms with Crippen LogP contribution in [0.15, 0.2) is 18.2 Å². The Hall–Kier alpha value is -0.730. The Bertz CT molecular complexity index is 456. The van der Waals surface area contributed by atoms with Gasteiger partial charge in [-0.25, -0.2) is 4.39 Å². The summed E-state index contributed by atoms with van der Waals surface area (Å²) in [6.07, 6.45) is 0. The molecule has 1 saturated heterocycles. The van der Waals surface area contributed by atoms with Gasteiger partial charge in [0.1, 0.15) is 5.82 Å². The number of benzene rings is 1. The summed E-state index contributed by atoms with van der Waals surface area (Å²) < 4.78 is 18.9. The highest BCUT2D eigenvalue weighted by atomic mass is 127. The molecule has 0 radical (unpaired) electrons. The van der Waals surface area contributed by atoms with E-state index in [0.29, 0.717) is 22.5 Å². The first kappa shape index (κ1) is 13.7. The van der Waals surface area contributed by atoms with Gasteiger partial charge in [-0.1, -0.05) is 0 Å². The average Bonchev–Trinajstić information content (AvgIpc) is 2.81. The molecule has 1 amide bonds. The lowest BCUT2D eigenvalue weighted by Crippen LogP contribution is -2.39. The fraction of sp³-hybridized carbons (Fsp3) is 0.417. The molecule has 0 spiro atoms. The van der Waals surface area contributed by atoms with E-state index in [1.54, 1.807) is 13.1 Å². The average molecular weight is 364 g/mol. The first-order chi connectivity index (χ1) is 8.61. The number of hydrogen-bond acceptors (Lipinski definition) is 3. The maximum atomic E-state index is 13.0. The van der Waals surface area contributed by atoms with Crippen LogP contribution in [-0.4, -0.2) is 32.2 Å². The van der Waals surface area contributed by atoms with E-state index in [-0.39, 0.29) is 23.7 Å². The summed E-state index contributed by atoms with van der Waals surface area (Å²) in [6.45, 7) is 0.949. The van der Waals surface area contributed by atoms with Crippen molar-refractivity contribution in [2.45, 2.75) is 6.04 Å². The first-order valence-electron chi connectivity index (χ1n) is 5.62. The van der Waals surface area contributed by atoms with Crippen LogP contribution in [0.3, 0.4) is 0 Å². The van der Waals surface area contributed by atoms with E-state index >= 15 is 0 Å². The van der Waals surface area contributed by atoms with Crippen molar-refractivity contribution < 1.29 is 13.9 Å². The lowest BCUT2D eigenvalue weighted by Gasteiger charge is -2.17. The molecule has 2 atom stereocenters. The van der Waals surface area contributed by atoms with Crippen molar-refractivity contribution in [1.82, 2.24) is 5.32 Å². The topological polar surface area (TPSA) is 50.4 Å². The Balaban J connectivity index is 2.07. The van der Waals surface area contributed by atoms with Gasteiger partial charge < -0.3 is 15.4 Å². The summed E-state index contributed by atoms with van der Waals surface area (Å²) in [5, 5.41) is 5.87. The van der Waals surface area contributed by atoms with Crippen LogP contribution in [-0.2, 0) is 9.53 Å². The molecule has 2 N–H and O–H groups in total. The number of carbonyl (C=O) groups is 1. The second-order valence-corrected chi connectivity index (χ2v) is 5.31. The van der Waals surface area contributed by atoms with Gasteiger partial charge in [-0.3, -0.25) is 4.79 Å². The molecule has 98 valence electrons. The zero-order valence-electron chi connectivity index (χ0n) is 9.87. The van der Waals surface area contributed by atoms with Crippen LogP contribution in [0.2, 0.25) is 0 Å². The number of likely N-dealkylation sites (N-methyl/N-ethyl adjacent to an activating group) is 1. The van der Waals surface area contributed by atoms with Crippen molar-refractivity contribution >= 4 is 34.2 Å². The molecule has 1 fully saturated rings. The third-order valence-corrected chi connectivity index (χ3v) is 3.87. The third-order valence-electron chi connectivity index (χ3n) is 2.98. The molecule has 6 heteroatoms. The summed E-state index contributed by atoms with van der Waals surface area (Å²) in [5.41, 5.74) is 0.628. The van der Waals surface area contributed by atoms with Gasteiger partial charge in [0.05, 0.1) is 24.8 Å². The number of rotatable bonds is 3. The molecule has 1 heterocycles. The Morgan fingerprint density at radius 2 is 2.28 bits per heavy atom. The van der Waals surface area contributed by atoms with Crippen LogP contribution < -0.4 is 10.6 Å². The maximum Gasteiger partial charge on any atom is 0.231 e. The largest absolute Gasteiger partial charge is 0.379 e. The molecule has 0 aliphatic carbocycles. The van der Waals surface area contributed by atoms with Crippen LogP contribution in [0.25, 0.3) is 0 Å². The highest BCUT2D eigenvalue weighted by Gasteiger charge is 2.33. The molecule has 1 aromatic rings. The maximum absolute atomic E-state index is 13.0. The van der Waals surface area contributed by atoms with Gasteiger partial charge in [0.15, 0.2) is 0 Å². The van der Waals surface area contributed by atoms with Crippen molar-refractivity contribution in [1.29, 1.82) is 0 Å². The van der Waals surface area contributed by atoms with Crippen molar-refractivity contribution in [2.75, 3.05) is 25.6 Å². The van der Waals surface area contributed by atoms with E-state index < -0.39 is 0 Å². The molecule has 0 aromatic heterocycles. The van der Waals surface area contributed by atoms with E-state index in [4.69, 9.17) is 4.74 Å². The standard InChI is InChI=1S/C12H14FIN2O2/c1-15-11-6-18-5-8(11)12(17)16-10-3-2-7(13)4-9(10)14/h2-4,8,11,15H,5-6H2,1H3,(H,16,17). The molecule has 1 aliphatic heterocycles. The molecular weight excluding hydrogens is 350 g/mol. The zero-order chi connectivity index (χ0) is 13.1. The molecule has 1 aliphatic rings. The second-order valence-electron chi connectivity index (χ2n) is 4.15. The zero-order valence-corrected chi connectivity index (χ0v) is 12.0. The molecule has 0 saturated carbocycles. The van der Waals surface area contributed by atoms with Gasteiger partial charge >= 0.3 is 0 Å². The number of carbonyl (C=O) groups excluding carboxylic acids is 1. The van der Waals surface area contributed by atoms with Crippen LogP contribution in [0.1, 0.15) is 0 Å². The first-order valence-corrected chi connectivity index (χ1v) is 6.70. The lowest BCUT2D eigenvalue weighted by atomic mass is 10.0. The quantitative estimate of drug-likeness (QED) is 0.802. The van der Waals surface area contributed by atoms with Crippen molar-refractivity contribution in [3.63, 3.8) is 0 Å². The number of ether oxygens (including phenoxy) is 1. The predicted octanol–water partition coefficient (Wildman–Crippen LogP) is 1.60. The van der Waals surface area contributed by atoms with Crippen molar-refractivity contribution in [2.24, 2.45) is 5.92 Å². The third kappa shape index (κ3) is 2.99. The SMILES string of the molecule is CNC1COCC1C(=O)Nc1ccc(F)cc1I. The van der Waals surface area contributed by atoms with E-state index in [1.807, 2.05) is 22.6 Å². The summed E-state index contributed by atoms with van der Waals surface area (Å²) in [4.78, 5) is 12.1. The van der Waals surface area contributed by atoms with Gasteiger partial charge in [0, 0.05) is 9.61 Å². The number of hydrogen-bond donors (Lipinski definition) is 2.